The highest BCUT2D eigenvalue weighted by atomic mass is 32.2. The first-order valence-electron chi connectivity index (χ1n) is 10.8. The van der Waals surface area contributed by atoms with E-state index in [0.29, 0.717) is 27.8 Å². The van der Waals surface area contributed by atoms with Gasteiger partial charge in [0.15, 0.2) is 11.5 Å². The van der Waals surface area contributed by atoms with Crippen LogP contribution in [0.1, 0.15) is 24.0 Å². The summed E-state index contributed by atoms with van der Waals surface area (Å²) < 4.78 is 21.3. The third kappa shape index (κ3) is 5.44. The van der Waals surface area contributed by atoms with E-state index >= 15 is 0 Å². The van der Waals surface area contributed by atoms with E-state index < -0.39 is 17.9 Å². The van der Waals surface area contributed by atoms with Crippen molar-refractivity contribution >= 4 is 29.4 Å². The van der Waals surface area contributed by atoms with Crippen LogP contribution >= 0.6 is 11.8 Å². The topological polar surface area (TPSA) is 107 Å². The molecule has 2 aromatic carbocycles. The van der Waals surface area contributed by atoms with Crippen molar-refractivity contribution in [3.8, 4) is 17.6 Å². The van der Waals surface area contributed by atoms with Crippen LogP contribution in [-0.2, 0) is 19.1 Å². The minimum atomic E-state index is -0.847. The molecule has 0 amide bonds. The highest BCUT2D eigenvalue weighted by Crippen LogP contribution is 2.48. The molecule has 35 heavy (non-hydrogen) atoms. The summed E-state index contributed by atoms with van der Waals surface area (Å²) in [5.74, 6) is -1.05. The molecule has 0 aliphatic carbocycles. The van der Waals surface area contributed by atoms with Crippen molar-refractivity contribution in [3.05, 3.63) is 75.8 Å². The molecule has 9 heteroatoms. The second-order valence-electron chi connectivity index (χ2n) is 7.24. The zero-order chi connectivity index (χ0) is 25.4. The number of hydrogen-bond acceptors (Lipinski definition) is 9. The number of allylic oxidation sites excluding steroid dienone is 1. The van der Waals surface area contributed by atoms with Gasteiger partial charge < -0.3 is 24.3 Å². The second-order valence-corrected chi connectivity index (χ2v) is 8.22. The number of carbonyl (C=O) groups is 2. The van der Waals surface area contributed by atoms with Crippen LogP contribution in [0.25, 0.3) is 5.70 Å². The van der Waals surface area contributed by atoms with Crippen LogP contribution in [-0.4, -0.2) is 45.6 Å². The molecule has 1 N–H and O–H groups in total. The van der Waals surface area contributed by atoms with Gasteiger partial charge in [-0.05, 0) is 18.6 Å². The maximum absolute atomic E-state index is 13.4. The van der Waals surface area contributed by atoms with Crippen molar-refractivity contribution in [1.29, 1.82) is 5.26 Å². The fourth-order valence-electron chi connectivity index (χ4n) is 3.80. The maximum Gasteiger partial charge on any atom is 0.337 e. The summed E-state index contributed by atoms with van der Waals surface area (Å²) in [4.78, 5) is 25.3. The third-order valence-electron chi connectivity index (χ3n) is 5.31. The molecule has 0 spiro atoms. The third-order valence-corrected chi connectivity index (χ3v) is 6.31. The molecule has 182 valence electrons. The van der Waals surface area contributed by atoms with Crippen LogP contribution in [0.5, 0.6) is 11.5 Å². The fourth-order valence-corrected chi connectivity index (χ4v) is 4.67. The Labute approximate surface area is 208 Å². The summed E-state index contributed by atoms with van der Waals surface area (Å²) in [6.07, 6.45) is 0. The number of rotatable bonds is 9. The first-order chi connectivity index (χ1) is 17.0. The molecule has 8 nitrogen and oxygen atoms in total. The van der Waals surface area contributed by atoms with Gasteiger partial charge in [0.2, 0.25) is 0 Å². The van der Waals surface area contributed by atoms with Crippen LogP contribution in [0.3, 0.4) is 0 Å². The van der Waals surface area contributed by atoms with Gasteiger partial charge in [0.25, 0.3) is 0 Å². The smallest absolute Gasteiger partial charge is 0.337 e. The van der Waals surface area contributed by atoms with Crippen LogP contribution in [0.2, 0.25) is 0 Å². The van der Waals surface area contributed by atoms with Gasteiger partial charge in [0, 0.05) is 5.56 Å². The lowest BCUT2D eigenvalue weighted by molar-refractivity contribution is -0.139. The summed E-state index contributed by atoms with van der Waals surface area (Å²) in [6.45, 7) is 1.87. The highest BCUT2D eigenvalue weighted by molar-refractivity contribution is 8.03. The standard InChI is InChI=1S/C26H26N2O6S/c1-5-34-26(30)22-21(17-12-9-13-19(31-2)24(17)33-4)18(14-27)25(35-15-20(29)32-3)28-23(22)16-10-7-6-8-11-16/h6-13,21,28H,5,15H2,1-4H3. The molecule has 0 saturated carbocycles. The SMILES string of the molecule is CCOC(=O)C1=C(c2ccccc2)NC(SCC(=O)OC)=C(C#N)C1c1cccc(OC)c1OC. The number of thioether (sulfide) groups is 1. The number of carbonyl (C=O) groups excluding carboxylic acids is 2. The fraction of sp³-hybridized carbons (Fsp3) is 0.269. The second kappa shape index (κ2) is 12.0. The lowest BCUT2D eigenvalue weighted by atomic mass is 9.80. The van der Waals surface area contributed by atoms with Gasteiger partial charge in [0.05, 0.1) is 67.5 Å². The van der Waals surface area contributed by atoms with E-state index in [1.807, 2.05) is 30.3 Å². The highest BCUT2D eigenvalue weighted by Gasteiger charge is 2.39. The Morgan fingerprint density at radius 3 is 2.40 bits per heavy atom. The Hall–Kier alpha value is -3.90. The van der Waals surface area contributed by atoms with Gasteiger partial charge in [-0.15, -0.1) is 0 Å². The van der Waals surface area contributed by atoms with Crippen molar-refractivity contribution < 1.29 is 28.5 Å². The van der Waals surface area contributed by atoms with E-state index in [1.54, 1.807) is 25.1 Å². The summed E-state index contributed by atoms with van der Waals surface area (Å²) in [7, 11) is 4.31. The van der Waals surface area contributed by atoms with E-state index in [1.165, 1.54) is 21.3 Å². The number of benzene rings is 2. The number of nitriles is 1. The predicted octanol–water partition coefficient (Wildman–Crippen LogP) is 4.01. The van der Waals surface area contributed by atoms with Crippen LogP contribution < -0.4 is 14.8 Å². The Balaban J connectivity index is 2.34. The van der Waals surface area contributed by atoms with Gasteiger partial charge in [-0.2, -0.15) is 5.26 Å². The number of methoxy groups -OCH3 is 3. The molecule has 1 aliphatic rings. The van der Waals surface area contributed by atoms with Crippen molar-refractivity contribution in [3.63, 3.8) is 0 Å². The van der Waals surface area contributed by atoms with E-state index in [2.05, 4.69) is 11.4 Å². The molecule has 0 fully saturated rings. The number of nitrogens with one attached hydrogen (secondary N) is 1. The zero-order valence-electron chi connectivity index (χ0n) is 19.9. The molecule has 1 aliphatic heterocycles. The van der Waals surface area contributed by atoms with Crippen molar-refractivity contribution in [1.82, 2.24) is 5.32 Å². The average Bonchev–Trinajstić information content (AvgIpc) is 2.90. The molecule has 3 rings (SSSR count). The maximum atomic E-state index is 13.4. The number of ether oxygens (including phenoxy) is 4. The van der Waals surface area contributed by atoms with Crippen LogP contribution in [0.4, 0.5) is 0 Å². The number of dihydropyridines is 1. The lowest BCUT2D eigenvalue weighted by Crippen LogP contribution is -2.29. The van der Waals surface area contributed by atoms with Crippen molar-refractivity contribution in [2.75, 3.05) is 33.7 Å². The predicted molar refractivity (Wildman–Crippen MR) is 133 cm³/mol. The van der Waals surface area contributed by atoms with E-state index in [0.717, 1.165) is 17.3 Å². The zero-order valence-corrected chi connectivity index (χ0v) is 20.7. The average molecular weight is 495 g/mol. The Kier molecular flexibility index (Phi) is 8.81. The first-order valence-corrected chi connectivity index (χ1v) is 11.8. The lowest BCUT2D eigenvalue weighted by Gasteiger charge is -2.31. The molecular formula is C26H26N2O6S. The molecule has 0 radical (unpaired) electrons. The quantitative estimate of drug-likeness (QED) is 0.518. The monoisotopic (exact) mass is 494 g/mol. The Bertz CT molecular complexity index is 1200. The van der Waals surface area contributed by atoms with Gasteiger partial charge in [-0.25, -0.2) is 4.79 Å². The number of para-hydroxylation sites is 1. The Morgan fingerprint density at radius 2 is 1.80 bits per heavy atom. The van der Waals surface area contributed by atoms with Gasteiger partial charge in [-0.1, -0.05) is 54.2 Å². The number of hydrogen-bond donors (Lipinski definition) is 1. The molecule has 1 heterocycles. The van der Waals surface area contributed by atoms with E-state index in [9.17, 15) is 14.9 Å². The van der Waals surface area contributed by atoms with Crippen molar-refractivity contribution in [2.45, 2.75) is 12.8 Å². The molecule has 0 aromatic heterocycles. The minimum absolute atomic E-state index is 0.0250. The summed E-state index contributed by atoms with van der Waals surface area (Å²) in [6, 6.07) is 16.8. The Morgan fingerprint density at radius 1 is 1.06 bits per heavy atom. The van der Waals surface area contributed by atoms with Crippen LogP contribution in [0, 0.1) is 11.3 Å². The molecule has 0 bridgehead atoms. The molecule has 1 unspecified atom stereocenters. The van der Waals surface area contributed by atoms with Gasteiger partial charge in [0.1, 0.15) is 0 Å². The van der Waals surface area contributed by atoms with E-state index in [-0.39, 0.29) is 23.5 Å². The van der Waals surface area contributed by atoms with E-state index in [4.69, 9.17) is 18.9 Å². The number of esters is 2. The largest absolute Gasteiger partial charge is 0.493 e. The normalized spacial score (nSPS) is 15.1. The van der Waals surface area contributed by atoms with Crippen molar-refractivity contribution in [2.24, 2.45) is 0 Å². The summed E-state index contributed by atoms with van der Waals surface area (Å²) in [5, 5.41) is 13.9. The molecule has 1 atom stereocenters. The van der Waals surface area contributed by atoms with Gasteiger partial charge in [-0.3, -0.25) is 4.79 Å². The molecule has 2 aromatic rings. The minimum Gasteiger partial charge on any atom is -0.493 e. The molecular weight excluding hydrogens is 468 g/mol. The van der Waals surface area contributed by atoms with Crippen LogP contribution in [0.15, 0.2) is 64.7 Å². The summed E-state index contributed by atoms with van der Waals surface area (Å²) >= 11 is 1.12. The first kappa shape index (κ1) is 25.7. The van der Waals surface area contributed by atoms with Gasteiger partial charge >= 0.3 is 11.9 Å². The molecule has 0 saturated heterocycles. The summed E-state index contributed by atoms with van der Waals surface area (Å²) in [5.41, 5.74) is 2.25. The number of nitrogens with zero attached hydrogens (tertiary/aromatic N) is 1.